The van der Waals surface area contributed by atoms with Gasteiger partial charge in [0.2, 0.25) is 0 Å². The van der Waals surface area contributed by atoms with E-state index in [1.165, 1.54) is 77.0 Å². The Morgan fingerprint density at radius 2 is 0.880 bits per heavy atom. The van der Waals surface area contributed by atoms with Crippen molar-refractivity contribution in [2.24, 2.45) is 0 Å². The van der Waals surface area contributed by atoms with Crippen LogP contribution >= 0.6 is 26.5 Å². The van der Waals surface area contributed by atoms with Gasteiger partial charge in [-0.1, -0.05) is 0 Å². The first-order chi connectivity index (χ1) is 12.4. The van der Waals surface area contributed by atoms with E-state index in [-0.39, 0.29) is 0 Å². The third-order valence-electron chi connectivity index (χ3n) is 5.04. The van der Waals surface area contributed by atoms with E-state index in [1.54, 1.807) is 0 Å². The van der Waals surface area contributed by atoms with Gasteiger partial charge in [-0.05, 0) is 0 Å². The summed E-state index contributed by atoms with van der Waals surface area (Å²) in [7, 11) is 7.30. The topological polar surface area (TPSA) is 0 Å². The van der Waals surface area contributed by atoms with E-state index >= 15 is 0 Å². The molecule has 3 aliphatic rings. The first-order valence-corrected chi connectivity index (χ1v) is 22.1. The summed E-state index contributed by atoms with van der Waals surface area (Å²) < 4.78 is 0. The molecule has 0 nitrogen and oxygen atoms in total. The molecule has 3 aliphatic carbocycles. The van der Waals surface area contributed by atoms with Gasteiger partial charge in [-0.2, -0.15) is 0 Å². The maximum absolute atomic E-state index is 2.56. The maximum atomic E-state index is 2.56. The van der Waals surface area contributed by atoms with Crippen LogP contribution in [0.1, 0.15) is 77.0 Å². The molecular weight excluding hydrogens is 470 g/mol. The van der Waals surface area contributed by atoms with Crippen molar-refractivity contribution >= 4 is 42.6 Å². The molecule has 0 aliphatic heterocycles. The Labute approximate surface area is 170 Å². The van der Waals surface area contributed by atoms with Gasteiger partial charge in [0, 0.05) is 0 Å². The molecule has 0 radical (unpaired) electrons. The molecule has 0 saturated carbocycles. The predicted molar refractivity (Wildman–Crippen MR) is 123 cm³/mol. The Balaban J connectivity index is 1.61. The van der Waals surface area contributed by atoms with E-state index in [4.69, 9.17) is 0 Å². The molecule has 3 atom stereocenters. The van der Waals surface area contributed by atoms with Crippen molar-refractivity contribution in [3.63, 3.8) is 0 Å². The van der Waals surface area contributed by atoms with Crippen LogP contribution in [0.4, 0.5) is 0 Å². The van der Waals surface area contributed by atoms with Gasteiger partial charge in [0.25, 0.3) is 0 Å². The number of hydrogen-bond donors (Lipinski definition) is 0. The van der Waals surface area contributed by atoms with Crippen molar-refractivity contribution in [1.29, 1.82) is 0 Å². The molecular formula is C21H33S3Sb. The first kappa shape index (κ1) is 20.8. The van der Waals surface area contributed by atoms with Gasteiger partial charge in [0.1, 0.15) is 0 Å². The van der Waals surface area contributed by atoms with Crippen molar-refractivity contribution in [1.82, 2.24) is 0 Å². The summed E-state index contributed by atoms with van der Waals surface area (Å²) in [6, 6.07) is 0. The van der Waals surface area contributed by atoms with Gasteiger partial charge in [0.15, 0.2) is 0 Å². The minimum absolute atomic E-state index is 0.815. The number of rotatable bonds is 6. The predicted octanol–water partition coefficient (Wildman–Crippen LogP) is 7.67. The average molecular weight is 503 g/mol. The van der Waals surface area contributed by atoms with Crippen LogP contribution in [0.5, 0.6) is 0 Å². The van der Waals surface area contributed by atoms with E-state index < -0.39 is 16.0 Å². The minimum atomic E-state index is -1.43. The zero-order valence-corrected chi connectivity index (χ0v) is 20.4. The summed E-state index contributed by atoms with van der Waals surface area (Å²) in [6.07, 6.45) is 31.8. The van der Waals surface area contributed by atoms with Crippen molar-refractivity contribution in [3.8, 4) is 0 Å². The summed E-state index contributed by atoms with van der Waals surface area (Å²) >= 11 is -1.43. The van der Waals surface area contributed by atoms with Crippen molar-refractivity contribution in [2.45, 2.75) is 92.8 Å². The second-order valence-electron chi connectivity index (χ2n) is 7.29. The first-order valence-electron chi connectivity index (χ1n) is 10.2. The average Bonchev–Trinajstić information content (AvgIpc) is 3.11. The van der Waals surface area contributed by atoms with Gasteiger partial charge >= 0.3 is 172 Å². The van der Waals surface area contributed by atoms with Crippen LogP contribution in [0, 0.1) is 0 Å². The summed E-state index contributed by atoms with van der Waals surface area (Å²) in [5.41, 5.74) is 0. The Morgan fingerprint density at radius 1 is 0.520 bits per heavy atom. The SMILES string of the molecule is C1=CC([S][Sb]([S]C2C=CCCCC2)[S]C2C=CCCCC2)CCCC1. The number of allylic oxidation sites excluding steroid dienone is 3. The van der Waals surface area contributed by atoms with Gasteiger partial charge in [-0.25, -0.2) is 0 Å². The second kappa shape index (κ2) is 12.5. The molecule has 4 heteroatoms. The normalized spacial score (nSPS) is 30.8. The molecule has 0 N–H and O–H groups in total. The molecule has 0 heterocycles. The molecule has 0 amide bonds. The Hall–Kier alpha value is 1.09. The molecule has 0 aromatic rings. The Kier molecular flexibility index (Phi) is 10.4. The molecule has 3 rings (SSSR count). The summed E-state index contributed by atoms with van der Waals surface area (Å²) in [5, 5.41) is 2.44. The van der Waals surface area contributed by atoms with E-state index in [0.29, 0.717) is 0 Å². The molecule has 0 saturated heterocycles. The van der Waals surface area contributed by atoms with Crippen LogP contribution < -0.4 is 0 Å². The van der Waals surface area contributed by atoms with Crippen LogP contribution in [0.15, 0.2) is 36.5 Å². The fourth-order valence-corrected chi connectivity index (χ4v) is 33.5. The zero-order chi connectivity index (χ0) is 17.2. The molecule has 0 aromatic heterocycles. The third-order valence-corrected chi connectivity index (χ3v) is 29.3. The van der Waals surface area contributed by atoms with Crippen molar-refractivity contribution in [2.75, 3.05) is 0 Å². The fraction of sp³-hybridized carbons (Fsp3) is 0.714. The van der Waals surface area contributed by atoms with E-state index in [9.17, 15) is 0 Å². The van der Waals surface area contributed by atoms with Gasteiger partial charge < -0.3 is 0 Å². The van der Waals surface area contributed by atoms with Gasteiger partial charge in [0.05, 0.1) is 0 Å². The molecule has 0 aromatic carbocycles. The molecule has 3 unspecified atom stereocenters. The van der Waals surface area contributed by atoms with Crippen LogP contribution in [-0.2, 0) is 0 Å². The zero-order valence-electron chi connectivity index (χ0n) is 15.4. The van der Waals surface area contributed by atoms with Crippen LogP contribution in [0.25, 0.3) is 0 Å². The summed E-state index contributed by atoms with van der Waals surface area (Å²) in [4.78, 5) is 0. The van der Waals surface area contributed by atoms with Crippen LogP contribution in [0.3, 0.4) is 0 Å². The van der Waals surface area contributed by atoms with Crippen molar-refractivity contribution < 1.29 is 0 Å². The quantitative estimate of drug-likeness (QED) is 0.270. The van der Waals surface area contributed by atoms with E-state index in [2.05, 4.69) is 63.0 Å². The number of hydrogen-bond acceptors (Lipinski definition) is 3. The fourth-order valence-electron chi connectivity index (χ4n) is 3.53. The van der Waals surface area contributed by atoms with Crippen LogP contribution in [-0.4, -0.2) is 31.8 Å². The molecule has 0 bridgehead atoms. The van der Waals surface area contributed by atoms with Gasteiger partial charge in [-0.3, -0.25) is 0 Å². The molecule has 0 spiro atoms. The molecule has 0 fully saturated rings. The monoisotopic (exact) mass is 502 g/mol. The third kappa shape index (κ3) is 8.32. The molecule has 140 valence electrons. The Morgan fingerprint density at radius 3 is 1.24 bits per heavy atom. The molecule has 25 heavy (non-hydrogen) atoms. The van der Waals surface area contributed by atoms with Gasteiger partial charge in [-0.15, -0.1) is 0 Å². The van der Waals surface area contributed by atoms with E-state index in [1.807, 2.05) is 0 Å². The standard InChI is InChI=1S/3C7H12S.Sb/c3*8-7-5-3-1-2-4-6-7;/h3*3,5,7-8H,1-2,4,6H2;/q;;;+3/p-3. The van der Waals surface area contributed by atoms with Crippen LogP contribution in [0.2, 0.25) is 0 Å². The second-order valence-corrected chi connectivity index (χ2v) is 28.4. The summed E-state index contributed by atoms with van der Waals surface area (Å²) in [6.45, 7) is 0. The summed E-state index contributed by atoms with van der Waals surface area (Å²) in [5.74, 6) is 0. The van der Waals surface area contributed by atoms with E-state index in [0.717, 1.165) is 15.7 Å². The Bertz CT molecular complexity index is 393. The van der Waals surface area contributed by atoms with Crippen molar-refractivity contribution in [3.05, 3.63) is 36.5 Å².